The van der Waals surface area contributed by atoms with Gasteiger partial charge in [-0.05, 0) is 13.1 Å². The normalized spacial score (nSPS) is 11.8. The van der Waals surface area contributed by atoms with E-state index in [0.717, 1.165) is 0 Å². The standard InChI is InChI=1S/C12H15BrN2O5/c1-14-11(12(16)19-2)3-4-20-10-6-8(13)5-9(7-10)15(17)18/h5-7,11,14H,3-4H2,1-2H3. The SMILES string of the molecule is CNC(CCOc1cc(Br)cc([N+](=O)[O-])c1)C(=O)OC. The fourth-order valence-electron chi connectivity index (χ4n) is 1.55. The van der Waals surface area contributed by atoms with Gasteiger partial charge in [-0.1, -0.05) is 15.9 Å². The van der Waals surface area contributed by atoms with E-state index in [0.29, 0.717) is 16.6 Å². The van der Waals surface area contributed by atoms with Gasteiger partial charge in [0.2, 0.25) is 0 Å². The third-order valence-electron chi connectivity index (χ3n) is 2.58. The Morgan fingerprint density at radius 3 is 2.75 bits per heavy atom. The number of carbonyl (C=O) groups is 1. The lowest BCUT2D eigenvalue weighted by Gasteiger charge is -2.14. The number of likely N-dealkylation sites (N-methyl/N-ethyl adjacent to an activating group) is 1. The molecule has 1 aromatic carbocycles. The number of hydrogen-bond acceptors (Lipinski definition) is 6. The van der Waals surface area contributed by atoms with Crippen LogP contribution in [-0.4, -0.2) is 37.7 Å². The summed E-state index contributed by atoms with van der Waals surface area (Å²) in [5, 5.41) is 13.5. The second-order valence-electron chi connectivity index (χ2n) is 3.90. The van der Waals surface area contributed by atoms with Crippen LogP contribution in [0.3, 0.4) is 0 Å². The van der Waals surface area contributed by atoms with Crippen LogP contribution in [0.25, 0.3) is 0 Å². The minimum Gasteiger partial charge on any atom is -0.493 e. The predicted octanol–water partition coefficient (Wildman–Crippen LogP) is 1.89. The highest BCUT2D eigenvalue weighted by Gasteiger charge is 2.17. The molecular weight excluding hydrogens is 332 g/mol. The number of halogens is 1. The molecule has 0 amide bonds. The molecule has 1 unspecified atom stereocenters. The van der Waals surface area contributed by atoms with Gasteiger partial charge >= 0.3 is 5.97 Å². The molecule has 0 aliphatic rings. The second kappa shape index (κ2) is 7.81. The van der Waals surface area contributed by atoms with Crippen molar-refractivity contribution >= 4 is 27.6 Å². The summed E-state index contributed by atoms with van der Waals surface area (Å²) in [5.41, 5.74) is -0.0625. The minimum absolute atomic E-state index is 0.0625. The first-order valence-electron chi connectivity index (χ1n) is 5.80. The second-order valence-corrected chi connectivity index (χ2v) is 4.82. The van der Waals surface area contributed by atoms with Crippen molar-refractivity contribution in [2.24, 2.45) is 0 Å². The number of carbonyl (C=O) groups excluding carboxylic acids is 1. The van der Waals surface area contributed by atoms with Crippen LogP contribution >= 0.6 is 15.9 Å². The highest BCUT2D eigenvalue weighted by molar-refractivity contribution is 9.10. The van der Waals surface area contributed by atoms with Crippen molar-refractivity contribution in [3.8, 4) is 5.75 Å². The van der Waals surface area contributed by atoms with Crippen LogP contribution in [0.15, 0.2) is 22.7 Å². The smallest absolute Gasteiger partial charge is 0.322 e. The van der Waals surface area contributed by atoms with Crippen molar-refractivity contribution in [3.63, 3.8) is 0 Å². The van der Waals surface area contributed by atoms with E-state index in [1.54, 1.807) is 13.1 Å². The highest BCUT2D eigenvalue weighted by Crippen LogP contribution is 2.26. The zero-order valence-corrected chi connectivity index (χ0v) is 12.7. The fourth-order valence-corrected chi connectivity index (χ4v) is 2.01. The summed E-state index contributed by atoms with van der Waals surface area (Å²) in [7, 11) is 2.96. The summed E-state index contributed by atoms with van der Waals surface area (Å²) >= 11 is 3.18. The first-order chi connectivity index (χ1) is 9.47. The topological polar surface area (TPSA) is 90.7 Å². The maximum atomic E-state index is 11.3. The first kappa shape index (κ1) is 16.4. The maximum Gasteiger partial charge on any atom is 0.322 e. The Bertz CT molecular complexity index is 495. The zero-order valence-electron chi connectivity index (χ0n) is 11.1. The van der Waals surface area contributed by atoms with Crippen molar-refractivity contribution in [1.82, 2.24) is 5.32 Å². The Kier molecular flexibility index (Phi) is 6.40. The molecule has 0 bridgehead atoms. The van der Waals surface area contributed by atoms with E-state index in [2.05, 4.69) is 26.0 Å². The van der Waals surface area contributed by atoms with E-state index in [-0.39, 0.29) is 18.3 Å². The van der Waals surface area contributed by atoms with Gasteiger partial charge in [0, 0.05) is 17.0 Å². The Hall–Kier alpha value is -1.67. The molecule has 0 spiro atoms. The van der Waals surface area contributed by atoms with E-state index >= 15 is 0 Å². The minimum atomic E-state index is -0.498. The molecule has 0 radical (unpaired) electrons. The van der Waals surface area contributed by atoms with Gasteiger partial charge in [-0.3, -0.25) is 14.9 Å². The molecule has 1 rings (SSSR count). The Morgan fingerprint density at radius 1 is 1.50 bits per heavy atom. The number of ether oxygens (including phenoxy) is 2. The average molecular weight is 347 g/mol. The number of nitrogens with zero attached hydrogens (tertiary/aromatic N) is 1. The van der Waals surface area contributed by atoms with Crippen molar-refractivity contribution < 1.29 is 19.2 Å². The van der Waals surface area contributed by atoms with Gasteiger partial charge in [-0.2, -0.15) is 0 Å². The van der Waals surface area contributed by atoms with E-state index in [1.165, 1.54) is 19.2 Å². The molecule has 0 heterocycles. The third kappa shape index (κ3) is 4.78. The summed E-state index contributed by atoms with van der Waals surface area (Å²) < 4.78 is 10.6. The Balaban J connectivity index is 2.61. The largest absolute Gasteiger partial charge is 0.493 e. The van der Waals surface area contributed by atoms with Gasteiger partial charge < -0.3 is 14.8 Å². The van der Waals surface area contributed by atoms with Crippen LogP contribution in [0.5, 0.6) is 5.75 Å². The fraction of sp³-hybridized carbons (Fsp3) is 0.417. The molecule has 7 nitrogen and oxygen atoms in total. The average Bonchev–Trinajstić information content (AvgIpc) is 2.42. The third-order valence-corrected chi connectivity index (χ3v) is 3.03. The molecule has 110 valence electrons. The van der Waals surface area contributed by atoms with E-state index < -0.39 is 11.0 Å². The van der Waals surface area contributed by atoms with Crippen LogP contribution in [0, 0.1) is 10.1 Å². The predicted molar refractivity (Wildman–Crippen MR) is 75.8 cm³/mol. The lowest BCUT2D eigenvalue weighted by Crippen LogP contribution is -2.36. The maximum absolute atomic E-state index is 11.3. The molecule has 1 atom stereocenters. The van der Waals surface area contributed by atoms with Crippen molar-refractivity contribution in [1.29, 1.82) is 0 Å². The molecule has 1 aromatic rings. The first-order valence-corrected chi connectivity index (χ1v) is 6.60. The number of rotatable bonds is 7. The van der Waals surface area contributed by atoms with Crippen molar-refractivity contribution in [2.75, 3.05) is 20.8 Å². The number of nitro groups is 1. The van der Waals surface area contributed by atoms with Gasteiger partial charge in [0.1, 0.15) is 11.8 Å². The number of nitrogens with one attached hydrogen (secondary N) is 1. The van der Waals surface area contributed by atoms with Gasteiger partial charge in [0.25, 0.3) is 5.69 Å². The van der Waals surface area contributed by atoms with Gasteiger partial charge in [-0.15, -0.1) is 0 Å². The highest BCUT2D eigenvalue weighted by atomic mass is 79.9. The lowest BCUT2D eigenvalue weighted by molar-refractivity contribution is -0.385. The Morgan fingerprint density at radius 2 is 2.20 bits per heavy atom. The van der Waals surface area contributed by atoms with Crippen LogP contribution in [0.2, 0.25) is 0 Å². The molecule has 0 fully saturated rings. The lowest BCUT2D eigenvalue weighted by atomic mass is 10.2. The molecular formula is C12H15BrN2O5. The molecule has 0 saturated carbocycles. The number of hydrogen-bond donors (Lipinski definition) is 1. The summed E-state index contributed by atoms with van der Waals surface area (Å²) in [6, 6.07) is 3.87. The van der Waals surface area contributed by atoms with E-state index in [4.69, 9.17) is 4.74 Å². The van der Waals surface area contributed by atoms with E-state index in [9.17, 15) is 14.9 Å². The van der Waals surface area contributed by atoms with Crippen LogP contribution in [-0.2, 0) is 9.53 Å². The summed E-state index contributed by atoms with van der Waals surface area (Å²) in [5.74, 6) is -0.0119. The van der Waals surface area contributed by atoms with Crippen molar-refractivity contribution in [3.05, 3.63) is 32.8 Å². The van der Waals surface area contributed by atoms with Crippen LogP contribution in [0.1, 0.15) is 6.42 Å². The van der Waals surface area contributed by atoms with Gasteiger partial charge in [-0.25, -0.2) is 0 Å². The Labute approximate surface area is 124 Å². The van der Waals surface area contributed by atoms with Gasteiger partial charge in [0.15, 0.2) is 0 Å². The summed E-state index contributed by atoms with van der Waals surface area (Å²) in [4.78, 5) is 21.6. The quantitative estimate of drug-likeness (QED) is 0.460. The van der Waals surface area contributed by atoms with Crippen LogP contribution in [0.4, 0.5) is 5.69 Å². The number of nitro benzene ring substituents is 1. The molecule has 20 heavy (non-hydrogen) atoms. The molecule has 0 aliphatic heterocycles. The number of esters is 1. The summed E-state index contributed by atoms with van der Waals surface area (Å²) in [6.07, 6.45) is 0.392. The van der Waals surface area contributed by atoms with E-state index in [1.807, 2.05) is 0 Å². The molecule has 0 saturated heterocycles. The van der Waals surface area contributed by atoms with Crippen molar-refractivity contribution in [2.45, 2.75) is 12.5 Å². The van der Waals surface area contributed by atoms with Crippen LogP contribution < -0.4 is 10.1 Å². The number of methoxy groups -OCH3 is 1. The van der Waals surface area contributed by atoms with Gasteiger partial charge in [0.05, 0.1) is 24.7 Å². The number of benzene rings is 1. The molecule has 8 heteroatoms. The summed E-state index contributed by atoms with van der Waals surface area (Å²) in [6.45, 7) is 0.230. The molecule has 1 N–H and O–H groups in total. The molecule has 0 aliphatic carbocycles. The zero-order chi connectivity index (χ0) is 15.1. The molecule has 0 aromatic heterocycles. The monoisotopic (exact) mass is 346 g/mol. The number of non-ortho nitro benzene ring substituents is 1.